The highest BCUT2D eigenvalue weighted by Gasteiger charge is 2.25. The van der Waals surface area contributed by atoms with E-state index in [0.29, 0.717) is 12.2 Å². The van der Waals surface area contributed by atoms with Crippen molar-refractivity contribution in [2.45, 2.75) is 26.3 Å². The molecule has 5 heteroatoms. The van der Waals surface area contributed by atoms with Crippen molar-refractivity contribution in [3.63, 3.8) is 0 Å². The Bertz CT molecular complexity index is 456. The molecule has 0 radical (unpaired) electrons. The van der Waals surface area contributed by atoms with Crippen molar-refractivity contribution in [3.8, 4) is 0 Å². The smallest absolute Gasteiger partial charge is 0.254 e. The van der Waals surface area contributed by atoms with E-state index in [9.17, 15) is 4.79 Å². The van der Waals surface area contributed by atoms with Gasteiger partial charge in [-0.15, -0.1) is 0 Å². The van der Waals surface area contributed by atoms with E-state index in [-0.39, 0.29) is 11.9 Å². The molecule has 0 saturated carbocycles. The van der Waals surface area contributed by atoms with Crippen molar-refractivity contribution in [1.82, 2.24) is 9.88 Å². The molecule has 0 aromatic carbocycles. The third-order valence-corrected chi connectivity index (χ3v) is 3.33. The number of ether oxygens (including phenoxy) is 1. The first-order valence-corrected chi connectivity index (χ1v) is 6.69. The molecule has 2 heterocycles. The SMILES string of the molecule is CCNc1cc(C(=O)N(C)C2CCOC2)cc(C)n1. The molecule has 0 aliphatic carbocycles. The average Bonchev–Trinajstić information content (AvgIpc) is 2.90. The van der Waals surface area contributed by atoms with Crippen LogP contribution >= 0.6 is 0 Å². The Hall–Kier alpha value is -1.62. The molecule has 104 valence electrons. The highest BCUT2D eigenvalue weighted by atomic mass is 16.5. The Kier molecular flexibility index (Phi) is 4.37. The van der Waals surface area contributed by atoms with Crippen LogP contribution in [-0.2, 0) is 4.74 Å². The number of aromatic nitrogens is 1. The molecular weight excluding hydrogens is 242 g/mol. The summed E-state index contributed by atoms with van der Waals surface area (Å²) in [6.07, 6.45) is 0.909. The van der Waals surface area contributed by atoms with Crippen molar-refractivity contribution >= 4 is 11.7 Å². The number of pyridine rings is 1. The van der Waals surface area contributed by atoms with Gasteiger partial charge in [0.1, 0.15) is 5.82 Å². The molecule has 2 rings (SSSR count). The molecule has 0 bridgehead atoms. The summed E-state index contributed by atoms with van der Waals surface area (Å²) in [5, 5.41) is 3.15. The first-order valence-electron chi connectivity index (χ1n) is 6.69. The first kappa shape index (κ1) is 13.8. The fourth-order valence-corrected chi connectivity index (χ4v) is 2.26. The molecule has 0 spiro atoms. The normalized spacial score (nSPS) is 18.4. The van der Waals surface area contributed by atoms with Gasteiger partial charge in [-0.25, -0.2) is 4.98 Å². The lowest BCUT2D eigenvalue weighted by Gasteiger charge is -2.23. The van der Waals surface area contributed by atoms with Gasteiger partial charge in [-0.05, 0) is 32.4 Å². The molecule has 1 aliphatic rings. The zero-order valence-corrected chi connectivity index (χ0v) is 11.8. The number of anilines is 1. The highest BCUT2D eigenvalue weighted by Crippen LogP contribution is 2.16. The van der Waals surface area contributed by atoms with Gasteiger partial charge in [0.25, 0.3) is 5.91 Å². The predicted molar refractivity (Wildman–Crippen MR) is 74.5 cm³/mol. The van der Waals surface area contributed by atoms with Crippen LogP contribution in [-0.4, -0.2) is 48.6 Å². The second kappa shape index (κ2) is 6.02. The molecule has 1 N–H and O–H groups in total. The summed E-state index contributed by atoms with van der Waals surface area (Å²) in [4.78, 5) is 18.6. The van der Waals surface area contributed by atoms with Gasteiger partial charge in [0, 0.05) is 31.5 Å². The Balaban J connectivity index is 2.17. The summed E-state index contributed by atoms with van der Waals surface area (Å²) in [6, 6.07) is 3.82. The zero-order valence-electron chi connectivity index (χ0n) is 11.8. The number of likely N-dealkylation sites (N-methyl/N-ethyl adjacent to an activating group) is 1. The molecule has 1 saturated heterocycles. The van der Waals surface area contributed by atoms with Crippen LogP contribution in [0.2, 0.25) is 0 Å². The minimum atomic E-state index is 0.0279. The second-order valence-electron chi connectivity index (χ2n) is 4.85. The van der Waals surface area contributed by atoms with Crippen molar-refractivity contribution in [3.05, 3.63) is 23.4 Å². The van der Waals surface area contributed by atoms with E-state index in [1.165, 1.54) is 0 Å². The van der Waals surface area contributed by atoms with Gasteiger partial charge in [-0.1, -0.05) is 0 Å². The van der Waals surface area contributed by atoms with Gasteiger partial charge < -0.3 is 15.0 Å². The minimum Gasteiger partial charge on any atom is -0.379 e. The van der Waals surface area contributed by atoms with E-state index in [2.05, 4.69) is 10.3 Å². The predicted octanol–water partition coefficient (Wildman–Crippen LogP) is 1.68. The molecule has 19 heavy (non-hydrogen) atoms. The molecule has 1 atom stereocenters. The maximum Gasteiger partial charge on any atom is 0.254 e. The summed E-state index contributed by atoms with van der Waals surface area (Å²) < 4.78 is 5.33. The maximum atomic E-state index is 12.5. The fourth-order valence-electron chi connectivity index (χ4n) is 2.26. The summed E-state index contributed by atoms with van der Waals surface area (Å²) in [5.74, 6) is 0.780. The Morgan fingerprint density at radius 2 is 2.37 bits per heavy atom. The maximum absolute atomic E-state index is 12.5. The van der Waals surface area contributed by atoms with Gasteiger partial charge in [0.2, 0.25) is 0 Å². The molecule has 5 nitrogen and oxygen atoms in total. The van der Waals surface area contributed by atoms with E-state index in [1.807, 2.05) is 33.0 Å². The lowest BCUT2D eigenvalue weighted by molar-refractivity contribution is 0.0711. The number of rotatable bonds is 4. The van der Waals surface area contributed by atoms with Crippen molar-refractivity contribution in [2.75, 3.05) is 32.1 Å². The Morgan fingerprint density at radius 1 is 1.58 bits per heavy atom. The first-order chi connectivity index (χ1) is 9.11. The zero-order chi connectivity index (χ0) is 13.8. The average molecular weight is 263 g/mol. The third kappa shape index (κ3) is 3.23. The number of aryl methyl sites for hydroxylation is 1. The number of amides is 1. The molecule has 1 aromatic rings. The third-order valence-electron chi connectivity index (χ3n) is 3.33. The summed E-state index contributed by atoms with van der Waals surface area (Å²) in [7, 11) is 1.84. The lowest BCUT2D eigenvalue weighted by atomic mass is 10.1. The van der Waals surface area contributed by atoms with Crippen LogP contribution in [0.15, 0.2) is 12.1 Å². The van der Waals surface area contributed by atoms with Crippen LogP contribution in [0.25, 0.3) is 0 Å². The van der Waals surface area contributed by atoms with Gasteiger partial charge in [0.05, 0.1) is 12.6 Å². The van der Waals surface area contributed by atoms with Crippen LogP contribution in [0.4, 0.5) is 5.82 Å². The topological polar surface area (TPSA) is 54.5 Å². The van der Waals surface area contributed by atoms with Gasteiger partial charge in [0.15, 0.2) is 0 Å². The molecule has 1 fully saturated rings. The van der Waals surface area contributed by atoms with E-state index in [4.69, 9.17) is 4.74 Å². The van der Waals surface area contributed by atoms with Crippen LogP contribution in [0, 0.1) is 6.92 Å². The van der Waals surface area contributed by atoms with Crippen LogP contribution in [0.5, 0.6) is 0 Å². The number of carbonyl (C=O) groups excluding carboxylic acids is 1. The largest absolute Gasteiger partial charge is 0.379 e. The van der Waals surface area contributed by atoms with E-state index < -0.39 is 0 Å². The van der Waals surface area contributed by atoms with Gasteiger partial charge >= 0.3 is 0 Å². The number of hydrogen-bond acceptors (Lipinski definition) is 4. The number of carbonyl (C=O) groups is 1. The quantitative estimate of drug-likeness (QED) is 0.898. The van der Waals surface area contributed by atoms with Crippen LogP contribution in [0.3, 0.4) is 0 Å². The van der Waals surface area contributed by atoms with E-state index in [0.717, 1.165) is 31.1 Å². The molecule has 1 aliphatic heterocycles. The summed E-state index contributed by atoms with van der Waals surface area (Å²) in [6.45, 7) is 6.06. The van der Waals surface area contributed by atoms with E-state index >= 15 is 0 Å². The number of hydrogen-bond donors (Lipinski definition) is 1. The number of nitrogens with zero attached hydrogens (tertiary/aromatic N) is 2. The minimum absolute atomic E-state index is 0.0279. The summed E-state index contributed by atoms with van der Waals surface area (Å²) in [5.41, 5.74) is 1.52. The van der Waals surface area contributed by atoms with Gasteiger partial charge in [-0.3, -0.25) is 4.79 Å². The van der Waals surface area contributed by atoms with Crippen molar-refractivity contribution in [2.24, 2.45) is 0 Å². The summed E-state index contributed by atoms with van der Waals surface area (Å²) >= 11 is 0. The lowest BCUT2D eigenvalue weighted by Crippen LogP contribution is -2.37. The molecule has 1 unspecified atom stereocenters. The standard InChI is InChI=1S/C14H21N3O2/c1-4-15-13-8-11(7-10(2)16-13)14(18)17(3)12-5-6-19-9-12/h7-8,12H,4-6,9H2,1-3H3,(H,15,16). The monoisotopic (exact) mass is 263 g/mol. The van der Waals surface area contributed by atoms with Gasteiger partial charge in [-0.2, -0.15) is 0 Å². The molecule has 1 aromatic heterocycles. The van der Waals surface area contributed by atoms with Crippen LogP contribution < -0.4 is 5.32 Å². The fraction of sp³-hybridized carbons (Fsp3) is 0.571. The highest BCUT2D eigenvalue weighted by molar-refractivity contribution is 5.95. The van der Waals surface area contributed by atoms with Crippen molar-refractivity contribution in [1.29, 1.82) is 0 Å². The van der Waals surface area contributed by atoms with E-state index in [1.54, 1.807) is 4.90 Å². The second-order valence-corrected chi connectivity index (χ2v) is 4.85. The van der Waals surface area contributed by atoms with Crippen molar-refractivity contribution < 1.29 is 9.53 Å². The Morgan fingerprint density at radius 3 is 3.00 bits per heavy atom. The molecule has 1 amide bonds. The number of nitrogens with one attached hydrogen (secondary N) is 1. The molecular formula is C14H21N3O2. The van der Waals surface area contributed by atoms with Crippen LogP contribution in [0.1, 0.15) is 29.4 Å². The Labute approximate surface area is 114 Å².